The van der Waals surface area contributed by atoms with Gasteiger partial charge in [-0.1, -0.05) is 23.2 Å². The van der Waals surface area contributed by atoms with Gasteiger partial charge in [0, 0.05) is 29.8 Å². The molecule has 4 nitrogen and oxygen atoms in total. The van der Waals surface area contributed by atoms with E-state index in [-0.39, 0.29) is 6.04 Å². The molecule has 0 aliphatic heterocycles. The van der Waals surface area contributed by atoms with Gasteiger partial charge in [0.1, 0.15) is 0 Å². The van der Waals surface area contributed by atoms with Crippen molar-refractivity contribution in [1.82, 2.24) is 5.43 Å². The number of rotatable bonds is 8. The Kier molecular flexibility index (Phi) is 7.58. The Morgan fingerprint density at radius 3 is 2.72 bits per heavy atom. The van der Waals surface area contributed by atoms with Crippen LogP contribution in [0.5, 0.6) is 0 Å². The van der Waals surface area contributed by atoms with E-state index in [1.165, 1.54) is 0 Å². The first-order chi connectivity index (χ1) is 8.69. The second-order valence-electron chi connectivity index (χ2n) is 3.78. The van der Waals surface area contributed by atoms with Gasteiger partial charge in [-0.2, -0.15) is 0 Å². The topological polar surface area (TPSA) is 56.5 Å². The molecule has 0 fully saturated rings. The summed E-state index contributed by atoms with van der Waals surface area (Å²) in [5, 5.41) is 1.27. The molecule has 0 saturated heterocycles. The number of ether oxygens (including phenoxy) is 2. The lowest BCUT2D eigenvalue weighted by Crippen LogP contribution is -2.29. The zero-order valence-electron chi connectivity index (χ0n) is 10.3. The van der Waals surface area contributed by atoms with Crippen molar-refractivity contribution in [3.05, 3.63) is 33.8 Å². The number of benzene rings is 1. The number of nitrogens with two attached hydrogens (primary N) is 1. The van der Waals surface area contributed by atoms with Crippen LogP contribution in [0.3, 0.4) is 0 Å². The maximum absolute atomic E-state index is 6.12. The number of hydrogen-bond acceptors (Lipinski definition) is 4. The minimum absolute atomic E-state index is 0.0845. The lowest BCUT2D eigenvalue weighted by Gasteiger charge is -2.18. The van der Waals surface area contributed by atoms with Crippen LogP contribution in [0, 0.1) is 0 Å². The maximum Gasteiger partial charge on any atom is 0.0700 e. The van der Waals surface area contributed by atoms with Crippen LogP contribution < -0.4 is 11.3 Å². The van der Waals surface area contributed by atoms with E-state index in [0.717, 1.165) is 5.56 Å². The van der Waals surface area contributed by atoms with Crippen molar-refractivity contribution < 1.29 is 9.47 Å². The van der Waals surface area contributed by atoms with E-state index in [1.807, 2.05) is 6.07 Å². The number of halogens is 2. The molecule has 1 aromatic rings. The molecule has 0 spiro atoms. The SMILES string of the molecule is COCCOCCC(NN)c1cc(Cl)ccc1Cl. The Morgan fingerprint density at radius 2 is 2.06 bits per heavy atom. The van der Waals surface area contributed by atoms with Gasteiger partial charge in [-0.3, -0.25) is 11.3 Å². The Morgan fingerprint density at radius 1 is 1.28 bits per heavy atom. The van der Waals surface area contributed by atoms with E-state index in [1.54, 1.807) is 19.2 Å². The van der Waals surface area contributed by atoms with E-state index < -0.39 is 0 Å². The van der Waals surface area contributed by atoms with E-state index in [2.05, 4.69) is 5.43 Å². The van der Waals surface area contributed by atoms with Crippen LogP contribution in [0.25, 0.3) is 0 Å². The summed E-state index contributed by atoms with van der Waals surface area (Å²) >= 11 is 12.1. The summed E-state index contributed by atoms with van der Waals surface area (Å²) in [6, 6.07) is 5.23. The smallest absolute Gasteiger partial charge is 0.0700 e. The van der Waals surface area contributed by atoms with E-state index >= 15 is 0 Å². The summed E-state index contributed by atoms with van der Waals surface area (Å²) in [6.45, 7) is 1.72. The fourth-order valence-corrected chi connectivity index (χ4v) is 1.99. The fourth-order valence-electron chi connectivity index (χ4n) is 1.56. The summed E-state index contributed by atoms with van der Waals surface area (Å²) in [5.74, 6) is 5.53. The second kappa shape index (κ2) is 8.69. The van der Waals surface area contributed by atoms with Crippen LogP contribution in [0.15, 0.2) is 18.2 Å². The summed E-state index contributed by atoms with van der Waals surface area (Å²) < 4.78 is 10.3. The lowest BCUT2D eigenvalue weighted by molar-refractivity contribution is 0.0658. The highest BCUT2D eigenvalue weighted by Gasteiger charge is 2.13. The van der Waals surface area contributed by atoms with Gasteiger partial charge in [0.25, 0.3) is 0 Å². The molecule has 3 N–H and O–H groups in total. The normalized spacial score (nSPS) is 12.7. The zero-order valence-corrected chi connectivity index (χ0v) is 11.8. The molecule has 0 amide bonds. The summed E-state index contributed by atoms with van der Waals surface area (Å²) in [5.41, 5.74) is 3.60. The monoisotopic (exact) mass is 292 g/mol. The molecule has 0 aliphatic rings. The molecule has 0 radical (unpaired) electrons. The first kappa shape index (κ1) is 15.7. The highest BCUT2D eigenvalue weighted by atomic mass is 35.5. The van der Waals surface area contributed by atoms with Crippen LogP contribution >= 0.6 is 23.2 Å². The highest BCUT2D eigenvalue weighted by molar-refractivity contribution is 6.33. The third-order valence-electron chi connectivity index (χ3n) is 2.52. The molecule has 1 unspecified atom stereocenters. The summed E-state index contributed by atoms with van der Waals surface area (Å²) in [6.07, 6.45) is 0.709. The Balaban J connectivity index is 2.52. The summed E-state index contributed by atoms with van der Waals surface area (Å²) in [4.78, 5) is 0. The van der Waals surface area contributed by atoms with Gasteiger partial charge in [0.2, 0.25) is 0 Å². The van der Waals surface area contributed by atoms with Crippen LogP contribution in [0.4, 0.5) is 0 Å². The number of hydrogen-bond donors (Lipinski definition) is 2. The number of hydrazine groups is 1. The predicted octanol–water partition coefficient (Wildman–Crippen LogP) is 2.55. The fraction of sp³-hybridized carbons (Fsp3) is 0.500. The quantitative estimate of drug-likeness (QED) is 0.439. The standard InChI is InChI=1S/C12H18Cl2N2O2/c1-17-6-7-18-5-4-12(16-15)10-8-9(13)2-3-11(10)14/h2-3,8,12,16H,4-7,15H2,1H3. The third-order valence-corrected chi connectivity index (χ3v) is 3.10. The molecular formula is C12H18Cl2N2O2. The molecule has 0 heterocycles. The predicted molar refractivity (Wildman–Crippen MR) is 73.8 cm³/mol. The molecular weight excluding hydrogens is 275 g/mol. The first-order valence-corrected chi connectivity index (χ1v) is 6.42. The van der Waals surface area contributed by atoms with Gasteiger partial charge >= 0.3 is 0 Å². The van der Waals surface area contributed by atoms with Crippen LogP contribution in [0.2, 0.25) is 10.0 Å². The van der Waals surface area contributed by atoms with Crippen molar-refractivity contribution >= 4 is 23.2 Å². The Hall–Kier alpha value is -0.360. The molecule has 1 aromatic carbocycles. The average Bonchev–Trinajstić information content (AvgIpc) is 2.37. The van der Waals surface area contributed by atoms with Gasteiger partial charge in [0.15, 0.2) is 0 Å². The minimum Gasteiger partial charge on any atom is -0.382 e. The van der Waals surface area contributed by atoms with E-state index in [0.29, 0.717) is 36.3 Å². The van der Waals surface area contributed by atoms with E-state index in [9.17, 15) is 0 Å². The Bertz CT molecular complexity index is 364. The molecule has 18 heavy (non-hydrogen) atoms. The largest absolute Gasteiger partial charge is 0.382 e. The van der Waals surface area contributed by atoms with Crippen molar-refractivity contribution in [1.29, 1.82) is 0 Å². The van der Waals surface area contributed by atoms with Crippen molar-refractivity contribution in [2.45, 2.75) is 12.5 Å². The molecule has 1 rings (SSSR count). The molecule has 102 valence electrons. The number of nitrogens with one attached hydrogen (secondary N) is 1. The van der Waals surface area contributed by atoms with Gasteiger partial charge in [-0.15, -0.1) is 0 Å². The van der Waals surface area contributed by atoms with Gasteiger partial charge < -0.3 is 9.47 Å². The lowest BCUT2D eigenvalue weighted by atomic mass is 10.0. The molecule has 1 atom stereocenters. The van der Waals surface area contributed by atoms with Crippen LogP contribution in [-0.4, -0.2) is 26.9 Å². The van der Waals surface area contributed by atoms with Crippen molar-refractivity contribution in [3.8, 4) is 0 Å². The highest BCUT2D eigenvalue weighted by Crippen LogP contribution is 2.27. The van der Waals surface area contributed by atoms with Crippen molar-refractivity contribution in [3.63, 3.8) is 0 Å². The molecule has 0 bridgehead atoms. The average molecular weight is 293 g/mol. The van der Waals surface area contributed by atoms with Gasteiger partial charge in [-0.05, 0) is 30.2 Å². The molecule has 6 heteroatoms. The van der Waals surface area contributed by atoms with Gasteiger partial charge in [-0.25, -0.2) is 0 Å². The van der Waals surface area contributed by atoms with Crippen LogP contribution in [0.1, 0.15) is 18.0 Å². The van der Waals surface area contributed by atoms with Crippen molar-refractivity contribution in [2.24, 2.45) is 5.84 Å². The Labute approximate surface area is 117 Å². The van der Waals surface area contributed by atoms with Crippen molar-refractivity contribution in [2.75, 3.05) is 26.9 Å². The van der Waals surface area contributed by atoms with Gasteiger partial charge in [0.05, 0.1) is 13.2 Å². The van der Waals surface area contributed by atoms with Crippen LogP contribution in [-0.2, 0) is 9.47 Å². The zero-order chi connectivity index (χ0) is 13.4. The molecule has 0 aromatic heterocycles. The third kappa shape index (κ3) is 5.10. The second-order valence-corrected chi connectivity index (χ2v) is 4.62. The molecule has 0 saturated carbocycles. The number of methoxy groups -OCH3 is 1. The van der Waals surface area contributed by atoms with E-state index in [4.69, 9.17) is 38.5 Å². The molecule has 0 aliphatic carbocycles. The first-order valence-electron chi connectivity index (χ1n) is 5.66. The summed E-state index contributed by atoms with van der Waals surface area (Å²) in [7, 11) is 1.64. The maximum atomic E-state index is 6.12. The minimum atomic E-state index is -0.0845.